The molecule has 1 aliphatic heterocycles. The molecule has 3 rings (SSSR count). The zero-order valence-corrected chi connectivity index (χ0v) is 19.7. The smallest absolute Gasteiger partial charge is 0.405 e. The second-order valence-electron chi connectivity index (χ2n) is 8.00. The number of carbonyl (C=O) groups excluding carboxylic acids is 3. The number of piperidine rings is 1. The Labute approximate surface area is 205 Å². The van der Waals surface area contributed by atoms with Gasteiger partial charge in [-0.25, -0.2) is 0 Å². The fourth-order valence-electron chi connectivity index (χ4n) is 3.93. The average molecular weight is 512 g/mol. The predicted octanol–water partition coefficient (Wildman–Crippen LogP) is 4.75. The van der Waals surface area contributed by atoms with Gasteiger partial charge in [0.15, 0.2) is 0 Å². The van der Waals surface area contributed by atoms with E-state index in [9.17, 15) is 27.6 Å². The van der Waals surface area contributed by atoms with Crippen molar-refractivity contribution in [2.24, 2.45) is 0 Å². The zero-order valence-electron chi connectivity index (χ0n) is 19.0. The molecular weight excluding hydrogens is 487 g/mol. The number of benzene rings is 2. The van der Waals surface area contributed by atoms with E-state index in [2.05, 4.69) is 15.4 Å². The number of para-hydroxylation sites is 1. The van der Waals surface area contributed by atoms with Gasteiger partial charge in [0.05, 0.1) is 5.02 Å². The van der Waals surface area contributed by atoms with Crippen molar-refractivity contribution in [2.75, 3.05) is 18.9 Å². The minimum Gasteiger partial charge on any atom is -0.405 e. The Hall–Kier alpha value is -3.27. The fourth-order valence-corrected chi connectivity index (χ4v) is 4.21. The number of alkyl halides is 3. The molecule has 1 atom stereocenters. The largest absolute Gasteiger partial charge is 0.573 e. The topological polar surface area (TPSA) is 87.7 Å². The first-order valence-corrected chi connectivity index (χ1v) is 11.4. The molecule has 1 saturated heterocycles. The first-order chi connectivity index (χ1) is 16.6. The summed E-state index contributed by atoms with van der Waals surface area (Å²) in [6.45, 7) is 0.417. The summed E-state index contributed by atoms with van der Waals surface area (Å²) in [4.78, 5) is 38.6. The van der Waals surface area contributed by atoms with Crippen LogP contribution in [-0.2, 0) is 14.4 Å². The lowest BCUT2D eigenvalue weighted by molar-refractivity contribution is -0.274. The monoisotopic (exact) mass is 511 g/mol. The standard InChI is InChI=1S/C24H25ClF3N3O4/c1-29-21(32)11-12-22(33)31-13-5-4-7-19(31)23(34)30-15-9-10-16(18(25)14-15)17-6-2-3-8-20(17)35-24(26,27)28/h2-3,6,8-10,14,19H,4-5,7,11-13H2,1H3,(H,29,32)(H,30,34). The first-order valence-electron chi connectivity index (χ1n) is 11.0. The van der Waals surface area contributed by atoms with Crippen LogP contribution in [0.25, 0.3) is 11.1 Å². The quantitative estimate of drug-likeness (QED) is 0.561. The predicted molar refractivity (Wildman–Crippen MR) is 125 cm³/mol. The van der Waals surface area contributed by atoms with Crippen LogP contribution in [0.5, 0.6) is 5.75 Å². The van der Waals surface area contributed by atoms with Crippen LogP contribution >= 0.6 is 11.6 Å². The lowest BCUT2D eigenvalue weighted by Crippen LogP contribution is -2.50. The van der Waals surface area contributed by atoms with Crippen molar-refractivity contribution < 1.29 is 32.3 Å². The van der Waals surface area contributed by atoms with Crippen molar-refractivity contribution in [1.29, 1.82) is 0 Å². The van der Waals surface area contributed by atoms with Gasteiger partial charge in [0.25, 0.3) is 0 Å². The van der Waals surface area contributed by atoms with Crippen molar-refractivity contribution >= 4 is 35.0 Å². The van der Waals surface area contributed by atoms with Crippen LogP contribution in [0, 0.1) is 0 Å². The number of amides is 3. The van der Waals surface area contributed by atoms with Gasteiger partial charge < -0.3 is 20.3 Å². The molecule has 1 heterocycles. The van der Waals surface area contributed by atoms with E-state index in [-0.39, 0.29) is 35.2 Å². The Kier molecular flexibility index (Phi) is 8.61. The molecule has 0 saturated carbocycles. The molecule has 11 heteroatoms. The Bertz CT molecular complexity index is 1090. The lowest BCUT2D eigenvalue weighted by atomic mass is 10.00. The van der Waals surface area contributed by atoms with Gasteiger partial charge in [-0.2, -0.15) is 0 Å². The molecule has 35 heavy (non-hydrogen) atoms. The molecule has 1 fully saturated rings. The van der Waals surface area contributed by atoms with E-state index in [1.54, 1.807) is 6.07 Å². The summed E-state index contributed by atoms with van der Waals surface area (Å²) in [5, 5.41) is 5.31. The lowest BCUT2D eigenvalue weighted by Gasteiger charge is -2.34. The molecular formula is C24H25ClF3N3O4. The van der Waals surface area contributed by atoms with Crippen molar-refractivity contribution in [2.45, 2.75) is 44.5 Å². The molecule has 7 nitrogen and oxygen atoms in total. The summed E-state index contributed by atoms with van der Waals surface area (Å²) >= 11 is 6.35. The zero-order chi connectivity index (χ0) is 25.6. The summed E-state index contributed by atoms with van der Waals surface area (Å²) in [5.41, 5.74) is 0.780. The van der Waals surface area contributed by atoms with Crippen molar-refractivity contribution in [3.63, 3.8) is 0 Å². The number of hydrogen-bond acceptors (Lipinski definition) is 4. The number of rotatable bonds is 7. The van der Waals surface area contributed by atoms with Gasteiger partial charge in [0.2, 0.25) is 17.7 Å². The molecule has 0 spiro atoms. The van der Waals surface area contributed by atoms with E-state index in [0.29, 0.717) is 24.2 Å². The Morgan fingerprint density at radius 1 is 1.09 bits per heavy atom. The molecule has 0 aromatic heterocycles. The van der Waals surface area contributed by atoms with E-state index in [1.165, 1.54) is 48.3 Å². The van der Waals surface area contributed by atoms with Gasteiger partial charge in [-0.15, -0.1) is 13.2 Å². The van der Waals surface area contributed by atoms with E-state index < -0.39 is 24.1 Å². The molecule has 1 unspecified atom stereocenters. The molecule has 0 bridgehead atoms. The summed E-state index contributed by atoms with van der Waals surface area (Å²) in [6, 6.07) is 9.36. The number of ether oxygens (including phenoxy) is 1. The maximum Gasteiger partial charge on any atom is 0.573 e. The number of carbonyl (C=O) groups is 3. The van der Waals surface area contributed by atoms with Gasteiger partial charge >= 0.3 is 6.36 Å². The van der Waals surface area contributed by atoms with Crippen LogP contribution < -0.4 is 15.4 Å². The highest BCUT2D eigenvalue weighted by Crippen LogP contribution is 2.38. The summed E-state index contributed by atoms with van der Waals surface area (Å²) in [5.74, 6) is -1.33. The van der Waals surface area contributed by atoms with E-state index >= 15 is 0 Å². The molecule has 2 aromatic rings. The molecule has 188 valence electrons. The van der Waals surface area contributed by atoms with Gasteiger partial charge in [0, 0.05) is 43.2 Å². The third-order valence-corrected chi connectivity index (χ3v) is 5.92. The van der Waals surface area contributed by atoms with E-state index in [4.69, 9.17) is 11.6 Å². The molecule has 0 aliphatic carbocycles. The summed E-state index contributed by atoms with van der Waals surface area (Å²) in [6.07, 6.45) is -2.81. The van der Waals surface area contributed by atoms with Gasteiger partial charge in [-0.3, -0.25) is 14.4 Å². The fraction of sp³-hybridized carbons (Fsp3) is 0.375. The third-order valence-electron chi connectivity index (χ3n) is 5.61. The number of anilines is 1. The van der Waals surface area contributed by atoms with Crippen LogP contribution in [0.2, 0.25) is 5.02 Å². The van der Waals surface area contributed by atoms with Crippen molar-refractivity contribution in [3.05, 3.63) is 47.5 Å². The second-order valence-corrected chi connectivity index (χ2v) is 8.41. The van der Waals surface area contributed by atoms with Crippen LogP contribution in [0.3, 0.4) is 0 Å². The Morgan fingerprint density at radius 2 is 1.83 bits per heavy atom. The van der Waals surface area contributed by atoms with Gasteiger partial charge in [0.1, 0.15) is 11.8 Å². The number of hydrogen-bond donors (Lipinski definition) is 2. The van der Waals surface area contributed by atoms with Crippen LogP contribution in [0.4, 0.5) is 18.9 Å². The SMILES string of the molecule is CNC(=O)CCC(=O)N1CCCCC1C(=O)Nc1ccc(-c2ccccc2OC(F)(F)F)c(Cl)c1. The van der Waals surface area contributed by atoms with E-state index in [0.717, 1.165) is 12.8 Å². The maximum absolute atomic E-state index is 13.0. The highest BCUT2D eigenvalue weighted by Gasteiger charge is 2.33. The molecule has 3 amide bonds. The van der Waals surface area contributed by atoms with Gasteiger partial charge in [-0.05, 0) is 37.5 Å². The van der Waals surface area contributed by atoms with Crippen LogP contribution in [0.1, 0.15) is 32.1 Å². The molecule has 2 N–H and O–H groups in total. The maximum atomic E-state index is 13.0. The molecule has 1 aliphatic rings. The average Bonchev–Trinajstić information content (AvgIpc) is 2.82. The number of nitrogens with zero attached hydrogens (tertiary/aromatic N) is 1. The minimum atomic E-state index is -4.86. The third kappa shape index (κ3) is 7.11. The van der Waals surface area contributed by atoms with Crippen LogP contribution in [-0.4, -0.2) is 48.6 Å². The van der Waals surface area contributed by atoms with Gasteiger partial charge in [-0.1, -0.05) is 35.9 Å². The highest BCUT2D eigenvalue weighted by molar-refractivity contribution is 6.33. The summed E-state index contributed by atoms with van der Waals surface area (Å²) < 4.78 is 42.4. The highest BCUT2D eigenvalue weighted by atomic mass is 35.5. The molecule has 2 aromatic carbocycles. The minimum absolute atomic E-state index is 0.00336. The normalized spacial score (nSPS) is 15.9. The van der Waals surface area contributed by atoms with Crippen molar-refractivity contribution in [3.8, 4) is 16.9 Å². The Balaban J connectivity index is 1.74. The summed E-state index contributed by atoms with van der Waals surface area (Å²) in [7, 11) is 1.49. The second kappa shape index (κ2) is 11.4. The van der Waals surface area contributed by atoms with Crippen molar-refractivity contribution in [1.82, 2.24) is 10.2 Å². The van der Waals surface area contributed by atoms with Crippen LogP contribution in [0.15, 0.2) is 42.5 Å². The number of nitrogens with one attached hydrogen (secondary N) is 2. The number of likely N-dealkylation sites (tertiary alicyclic amines) is 1. The first kappa shape index (κ1) is 26.3. The van der Waals surface area contributed by atoms with E-state index in [1.807, 2.05) is 0 Å². The Morgan fingerprint density at radius 3 is 2.51 bits per heavy atom. The molecule has 0 radical (unpaired) electrons. The number of halogens is 4.